The van der Waals surface area contributed by atoms with Crippen molar-refractivity contribution >= 4 is 11.9 Å². The fraction of sp³-hybridized carbons (Fsp3) is 0.655. The van der Waals surface area contributed by atoms with Crippen LogP contribution in [0, 0.1) is 16.7 Å². The zero-order valence-corrected chi connectivity index (χ0v) is 22.8. The summed E-state index contributed by atoms with van der Waals surface area (Å²) in [4.78, 5) is 26.0. The highest BCUT2D eigenvalue weighted by Crippen LogP contribution is 2.64. The van der Waals surface area contributed by atoms with Crippen molar-refractivity contribution in [3.05, 3.63) is 47.0 Å². The summed E-state index contributed by atoms with van der Waals surface area (Å²) in [5, 5.41) is 58.8. The molecule has 1 aromatic carbocycles. The molecule has 5 N–H and O–H groups in total. The van der Waals surface area contributed by atoms with Crippen LogP contribution in [-0.4, -0.2) is 91.9 Å². The molecule has 0 amide bonds. The first-order valence-electron chi connectivity index (χ1n) is 13.4. The molecule has 2 bridgehead atoms. The smallest absolute Gasteiger partial charge is 0.338 e. The maximum Gasteiger partial charge on any atom is 0.338 e. The average molecular weight is 547 g/mol. The second-order valence-corrected chi connectivity index (χ2v) is 12.4. The number of esters is 2. The fourth-order valence-electron chi connectivity index (χ4n) is 7.88. The standard InChI is InChI=1S/C29H38O10/c1-14-17(31)12-29(36)24(38-25(35)16-9-7-6-8-10-16)22-27(5,23(34)21(33)20(14)26(29,3)4)18(32)11-19-28(22,13-37-19)39-15(2)30/h6-10,17-19,21-24,31-34,36H,11-13H2,1-5H3/t17-,18-,19+,21+,22-,23?,24-,27+,28-,29+/m0/s1. The van der Waals surface area contributed by atoms with Gasteiger partial charge in [-0.15, -0.1) is 0 Å². The third kappa shape index (κ3) is 3.69. The number of ether oxygens (including phenoxy) is 3. The molecule has 10 heteroatoms. The lowest BCUT2D eigenvalue weighted by atomic mass is 9.44. The first kappa shape index (κ1) is 28.2. The molecule has 214 valence electrons. The van der Waals surface area contributed by atoms with Gasteiger partial charge in [-0.1, -0.05) is 39.0 Å². The van der Waals surface area contributed by atoms with Crippen molar-refractivity contribution in [2.45, 2.75) is 95.3 Å². The predicted molar refractivity (Wildman–Crippen MR) is 136 cm³/mol. The third-order valence-corrected chi connectivity index (χ3v) is 10.2. The summed E-state index contributed by atoms with van der Waals surface area (Å²) >= 11 is 0. The molecular formula is C29H38O10. The molecule has 3 fully saturated rings. The monoisotopic (exact) mass is 546 g/mol. The van der Waals surface area contributed by atoms with Crippen LogP contribution < -0.4 is 0 Å². The van der Waals surface area contributed by atoms with Gasteiger partial charge in [-0.2, -0.15) is 0 Å². The number of carbonyl (C=O) groups excluding carboxylic acids is 2. The molecule has 2 saturated carbocycles. The lowest BCUT2D eigenvalue weighted by molar-refractivity contribution is -0.365. The molecule has 1 saturated heterocycles. The molecule has 1 aliphatic heterocycles. The van der Waals surface area contributed by atoms with Crippen molar-refractivity contribution in [2.24, 2.45) is 16.7 Å². The van der Waals surface area contributed by atoms with Gasteiger partial charge in [0.15, 0.2) is 5.60 Å². The molecule has 4 aliphatic rings. The van der Waals surface area contributed by atoms with Gasteiger partial charge in [-0.3, -0.25) is 4.79 Å². The van der Waals surface area contributed by atoms with E-state index in [-0.39, 0.29) is 30.6 Å². The summed E-state index contributed by atoms with van der Waals surface area (Å²) in [6.45, 7) is 7.57. The van der Waals surface area contributed by atoms with Crippen molar-refractivity contribution < 1.29 is 49.3 Å². The predicted octanol–water partition coefficient (Wildman–Crippen LogP) is 0.874. The van der Waals surface area contributed by atoms with Crippen LogP contribution in [0.15, 0.2) is 41.5 Å². The second-order valence-electron chi connectivity index (χ2n) is 12.4. The highest BCUT2D eigenvalue weighted by Gasteiger charge is 2.77. The normalized spacial score (nSPS) is 44.6. The quantitative estimate of drug-likeness (QED) is 0.272. The lowest BCUT2D eigenvalue weighted by Crippen LogP contribution is -2.82. The van der Waals surface area contributed by atoms with Crippen molar-refractivity contribution in [3.63, 3.8) is 0 Å². The maximum absolute atomic E-state index is 13.6. The van der Waals surface area contributed by atoms with E-state index in [1.165, 1.54) is 6.92 Å². The van der Waals surface area contributed by atoms with Crippen molar-refractivity contribution in [2.75, 3.05) is 6.61 Å². The summed E-state index contributed by atoms with van der Waals surface area (Å²) < 4.78 is 17.8. The molecule has 10 nitrogen and oxygen atoms in total. The van der Waals surface area contributed by atoms with Crippen molar-refractivity contribution in [1.29, 1.82) is 0 Å². The third-order valence-electron chi connectivity index (χ3n) is 10.2. The Morgan fingerprint density at radius 3 is 2.26 bits per heavy atom. The van der Waals surface area contributed by atoms with Gasteiger partial charge in [0.1, 0.15) is 23.9 Å². The van der Waals surface area contributed by atoms with Gasteiger partial charge >= 0.3 is 11.9 Å². The van der Waals surface area contributed by atoms with E-state index in [9.17, 15) is 35.1 Å². The summed E-state index contributed by atoms with van der Waals surface area (Å²) in [5.41, 5.74) is -5.70. The second kappa shape index (κ2) is 9.09. The number of aliphatic hydroxyl groups excluding tert-OH is 4. The summed E-state index contributed by atoms with van der Waals surface area (Å²) in [6.07, 6.45) is -8.38. The number of hydrogen-bond acceptors (Lipinski definition) is 10. The van der Waals surface area contributed by atoms with Crippen LogP contribution in [-0.2, 0) is 19.0 Å². The van der Waals surface area contributed by atoms with Crippen LogP contribution in [0.4, 0.5) is 0 Å². The molecule has 1 heterocycles. The van der Waals surface area contributed by atoms with Crippen LogP contribution in [0.25, 0.3) is 0 Å². The highest BCUT2D eigenvalue weighted by molar-refractivity contribution is 5.89. The van der Waals surface area contributed by atoms with Gasteiger partial charge in [-0.25, -0.2) is 4.79 Å². The Morgan fingerprint density at radius 1 is 1.05 bits per heavy atom. The number of benzene rings is 1. The number of hydrogen-bond donors (Lipinski definition) is 5. The zero-order valence-electron chi connectivity index (χ0n) is 22.8. The van der Waals surface area contributed by atoms with Gasteiger partial charge < -0.3 is 39.7 Å². The maximum atomic E-state index is 13.6. The Kier molecular flexibility index (Phi) is 6.57. The van der Waals surface area contributed by atoms with Crippen LogP contribution in [0.2, 0.25) is 0 Å². The van der Waals surface area contributed by atoms with Gasteiger partial charge in [0, 0.05) is 30.6 Å². The Bertz CT molecular complexity index is 1200. The van der Waals surface area contributed by atoms with E-state index in [1.807, 2.05) is 0 Å². The van der Waals surface area contributed by atoms with Gasteiger partial charge in [-0.05, 0) is 30.2 Å². The number of carbonyl (C=O) groups is 2. The number of rotatable bonds is 3. The van der Waals surface area contributed by atoms with E-state index in [2.05, 4.69) is 0 Å². The molecule has 0 radical (unpaired) electrons. The van der Waals surface area contributed by atoms with E-state index in [0.29, 0.717) is 5.57 Å². The molecule has 0 aromatic heterocycles. The highest BCUT2D eigenvalue weighted by atomic mass is 16.6. The van der Waals surface area contributed by atoms with E-state index >= 15 is 0 Å². The Morgan fingerprint density at radius 2 is 1.69 bits per heavy atom. The minimum atomic E-state index is -2.02. The zero-order chi connectivity index (χ0) is 28.7. The number of aliphatic hydroxyl groups is 5. The molecule has 0 spiro atoms. The first-order chi connectivity index (χ1) is 18.1. The van der Waals surface area contributed by atoms with Gasteiger partial charge in [0.2, 0.25) is 0 Å². The molecule has 1 aromatic rings. The minimum Gasteiger partial charge on any atom is -0.455 e. The van der Waals surface area contributed by atoms with E-state index < -0.39 is 76.5 Å². The summed E-state index contributed by atoms with van der Waals surface area (Å²) in [5.74, 6) is -2.66. The topological polar surface area (TPSA) is 163 Å². The fourth-order valence-corrected chi connectivity index (χ4v) is 7.88. The first-order valence-corrected chi connectivity index (χ1v) is 13.4. The largest absolute Gasteiger partial charge is 0.455 e. The average Bonchev–Trinajstić information content (AvgIpc) is 2.87. The minimum absolute atomic E-state index is 0.0219. The molecule has 10 atom stereocenters. The van der Waals surface area contributed by atoms with E-state index in [1.54, 1.807) is 58.0 Å². The van der Waals surface area contributed by atoms with Crippen LogP contribution >= 0.6 is 0 Å². The summed E-state index contributed by atoms with van der Waals surface area (Å²) in [6, 6.07) is 8.16. The van der Waals surface area contributed by atoms with Gasteiger partial charge in [0.25, 0.3) is 0 Å². The molecule has 5 rings (SSSR count). The van der Waals surface area contributed by atoms with Crippen LogP contribution in [0.5, 0.6) is 0 Å². The molecule has 3 aliphatic carbocycles. The SMILES string of the molecule is CC(=O)O[C@@]12CO[C@@H]1C[C@H](O)[C@@]1(C)C(O)[C@H](O)C3=C(C)[C@@H](O)C[C@@](O)([C@@H](OC(=O)c4ccccc4)[C@H]21)C3(C)C. The van der Waals surface area contributed by atoms with Crippen LogP contribution in [0.3, 0.4) is 0 Å². The molecule has 1 unspecified atom stereocenters. The lowest BCUT2D eigenvalue weighted by Gasteiger charge is -2.69. The van der Waals surface area contributed by atoms with E-state index in [0.717, 1.165) is 0 Å². The molecular weight excluding hydrogens is 508 g/mol. The Hall–Kier alpha value is -2.34. The van der Waals surface area contributed by atoms with Crippen molar-refractivity contribution in [1.82, 2.24) is 0 Å². The summed E-state index contributed by atoms with van der Waals surface area (Å²) in [7, 11) is 0. The Labute approximate surface area is 227 Å². The van der Waals surface area contributed by atoms with Crippen LogP contribution in [0.1, 0.15) is 57.8 Å². The van der Waals surface area contributed by atoms with Crippen molar-refractivity contribution in [3.8, 4) is 0 Å². The number of fused-ring (bicyclic) bond motifs is 5. The van der Waals surface area contributed by atoms with Gasteiger partial charge in [0.05, 0.1) is 36.4 Å². The Balaban J connectivity index is 1.80. The molecule has 39 heavy (non-hydrogen) atoms. The van der Waals surface area contributed by atoms with E-state index in [4.69, 9.17) is 14.2 Å².